The second-order valence-corrected chi connectivity index (χ2v) is 2.77. The van der Waals surface area contributed by atoms with Crippen LogP contribution in [0.1, 0.15) is 12.8 Å². The number of carbonyl (C=O) groups is 4. The molecule has 0 aromatic heterocycles. The number of hydrogen-bond acceptors (Lipinski definition) is 7. The van der Waals surface area contributed by atoms with E-state index < -0.39 is 42.1 Å². The van der Waals surface area contributed by atoms with Gasteiger partial charge in [-0.15, -0.1) is 0 Å². The van der Waals surface area contributed by atoms with Gasteiger partial charge in [-0.2, -0.15) is 0 Å². The molecule has 1 unspecified atom stereocenters. The number of ketones is 1. The largest absolute Gasteiger partial charge is 0.550 e. The van der Waals surface area contributed by atoms with Crippen molar-refractivity contribution >= 4 is 23.7 Å². The van der Waals surface area contributed by atoms with Crippen molar-refractivity contribution in [2.24, 2.45) is 0 Å². The Hall–Kier alpha value is -1.96. The zero-order chi connectivity index (χ0) is 12.2. The topological polar surface area (TPSA) is 155 Å². The van der Waals surface area contributed by atoms with Crippen molar-refractivity contribution in [3.8, 4) is 0 Å². The van der Waals surface area contributed by atoms with Crippen LogP contribution in [0.4, 0.5) is 0 Å². The van der Waals surface area contributed by atoms with Crippen LogP contribution in [-0.4, -0.2) is 39.5 Å². The van der Waals surface area contributed by atoms with E-state index in [4.69, 9.17) is 10.2 Å². The molecule has 0 aliphatic heterocycles. The van der Waals surface area contributed by atoms with E-state index in [1.54, 1.807) is 0 Å². The first-order valence-corrected chi connectivity index (χ1v) is 3.59. The normalized spacial score (nSPS) is 13.9. The van der Waals surface area contributed by atoms with Gasteiger partial charge in [-0.1, -0.05) is 0 Å². The maximum Gasteiger partial charge on any atom is 0.336 e. The second-order valence-electron chi connectivity index (χ2n) is 2.77. The van der Waals surface area contributed by atoms with Crippen molar-refractivity contribution in [1.29, 1.82) is 0 Å². The monoisotopic (exact) mass is 218 g/mol. The molecule has 0 saturated heterocycles. The minimum atomic E-state index is -2.99. The second kappa shape index (κ2) is 4.51. The fourth-order valence-corrected chi connectivity index (χ4v) is 0.790. The SMILES string of the molecule is O=C([O-])CC(O)(CC(=O)C(=O)[O-])C(=O)O. The minimum Gasteiger partial charge on any atom is -0.550 e. The Morgan fingerprint density at radius 1 is 1.07 bits per heavy atom. The Kier molecular flexibility index (Phi) is 3.92. The summed E-state index contributed by atoms with van der Waals surface area (Å²) in [6, 6.07) is 0. The van der Waals surface area contributed by atoms with E-state index in [1.807, 2.05) is 0 Å². The summed E-state index contributed by atoms with van der Waals surface area (Å²) < 4.78 is 0. The molecule has 0 rings (SSSR count). The van der Waals surface area contributed by atoms with E-state index in [2.05, 4.69) is 0 Å². The molecule has 0 amide bonds. The summed E-state index contributed by atoms with van der Waals surface area (Å²) >= 11 is 0. The molecule has 0 aliphatic rings. The van der Waals surface area contributed by atoms with Gasteiger partial charge in [0.2, 0.25) is 0 Å². The number of aliphatic carboxylic acids is 3. The smallest absolute Gasteiger partial charge is 0.336 e. The maximum atomic E-state index is 10.5. The molecule has 0 aromatic carbocycles. The third-order valence-electron chi connectivity index (χ3n) is 1.52. The quantitative estimate of drug-likeness (QED) is 0.423. The number of carbonyl (C=O) groups excluding carboxylic acids is 3. The van der Waals surface area contributed by atoms with Gasteiger partial charge in [0, 0.05) is 12.4 Å². The summed E-state index contributed by atoms with van der Waals surface area (Å²) in [6.07, 6.45) is -2.78. The summed E-state index contributed by atoms with van der Waals surface area (Å²) in [7, 11) is 0. The highest BCUT2D eigenvalue weighted by Crippen LogP contribution is 2.15. The van der Waals surface area contributed by atoms with Gasteiger partial charge in [0.1, 0.15) is 5.97 Å². The molecule has 2 N–H and O–H groups in total. The molecular formula is C7H6O8-2. The van der Waals surface area contributed by atoms with Crippen LogP contribution in [-0.2, 0) is 19.2 Å². The number of aliphatic hydroxyl groups is 1. The Balaban J connectivity index is 4.81. The van der Waals surface area contributed by atoms with Crippen LogP contribution in [0, 0.1) is 0 Å². The van der Waals surface area contributed by atoms with E-state index >= 15 is 0 Å². The summed E-state index contributed by atoms with van der Waals surface area (Å²) in [5.74, 6) is -7.86. The number of carboxylic acid groups (broad SMARTS) is 3. The summed E-state index contributed by atoms with van der Waals surface area (Å²) in [6.45, 7) is 0. The first-order valence-electron chi connectivity index (χ1n) is 3.59. The molecule has 0 aliphatic carbocycles. The summed E-state index contributed by atoms with van der Waals surface area (Å²) in [5, 5.41) is 37.6. The summed E-state index contributed by atoms with van der Waals surface area (Å²) in [4.78, 5) is 41.0. The molecule has 8 nitrogen and oxygen atoms in total. The zero-order valence-corrected chi connectivity index (χ0v) is 7.26. The number of carboxylic acids is 3. The lowest BCUT2D eigenvalue weighted by atomic mass is 9.93. The van der Waals surface area contributed by atoms with Crippen LogP contribution in [0.3, 0.4) is 0 Å². The van der Waals surface area contributed by atoms with Crippen molar-refractivity contribution in [1.82, 2.24) is 0 Å². The van der Waals surface area contributed by atoms with Gasteiger partial charge in [-0.25, -0.2) is 4.79 Å². The Morgan fingerprint density at radius 2 is 1.53 bits per heavy atom. The number of Topliss-reactive ketones (excluding diaryl/α,β-unsaturated/α-hetero) is 1. The van der Waals surface area contributed by atoms with Gasteiger partial charge in [-0.3, -0.25) is 4.79 Å². The average molecular weight is 218 g/mol. The van der Waals surface area contributed by atoms with E-state index in [1.165, 1.54) is 0 Å². The Bertz CT molecular complexity index is 319. The lowest BCUT2D eigenvalue weighted by Crippen LogP contribution is -2.48. The highest BCUT2D eigenvalue weighted by atomic mass is 16.4. The van der Waals surface area contributed by atoms with Gasteiger partial charge in [0.15, 0.2) is 11.4 Å². The standard InChI is InChI=1S/C7H8O8/c8-3(5(11)12)1-7(15,6(13)14)2-4(9)10/h15H,1-2H2,(H,9,10)(H,11,12)(H,13,14)/p-2. The molecule has 0 saturated carbocycles. The van der Waals surface area contributed by atoms with Crippen molar-refractivity contribution in [3.05, 3.63) is 0 Å². The molecule has 0 aromatic rings. The highest BCUT2D eigenvalue weighted by Gasteiger charge is 2.38. The predicted octanol–water partition coefficient (Wildman–Crippen LogP) is -4.35. The highest BCUT2D eigenvalue weighted by molar-refractivity contribution is 6.32. The lowest BCUT2D eigenvalue weighted by Gasteiger charge is -2.22. The van der Waals surface area contributed by atoms with Crippen LogP contribution in [0.2, 0.25) is 0 Å². The van der Waals surface area contributed by atoms with Gasteiger partial charge in [-0.05, 0) is 0 Å². The molecule has 0 spiro atoms. The van der Waals surface area contributed by atoms with Crippen LogP contribution in [0.5, 0.6) is 0 Å². The van der Waals surface area contributed by atoms with Crippen LogP contribution >= 0.6 is 0 Å². The molecule has 15 heavy (non-hydrogen) atoms. The van der Waals surface area contributed by atoms with Crippen molar-refractivity contribution in [2.75, 3.05) is 0 Å². The number of rotatable bonds is 6. The van der Waals surface area contributed by atoms with Gasteiger partial charge < -0.3 is 30.0 Å². The molecule has 8 heteroatoms. The zero-order valence-electron chi connectivity index (χ0n) is 7.26. The van der Waals surface area contributed by atoms with Crippen molar-refractivity contribution in [2.45, 2.75) is 18.4 Å². The van der Waals surface area contributed by atoms with Gasteiger partial charge >= 0.3 is 5.97 Å². The van der Waals surface area contributed by atoms with E-state index in [9.17, 15) is 29.4 Å². The third-order valence-corrected chi connectivity index (χ3v) is 1.52. The molecule has 1 atom stereocenters. The van der Waals surface area contributed by atoms with Gasteiger partial charge in [0.25, 0.3) is 0 Å². The third kappa shape index (κ3) is 3.73. The number of hydrogen-bond donors (Lipinski definition) is 2. The van der Waals surface area contributed by atoms with Gasteiger partial charge in [0.05, 0.1) is 6.42 Å². The molecule has 0 fully saturated rings. The molecule has 84 valence electrons. The minimum absolute atomic E-state index is 1.39. The van der Waals surface area contributed by atoms with Crippen molar-refractivity contribution in [3.63, 3.8) is 0 Å². The predicted molar refractivity (Wildman–Crippen MR) is 36.8 cm³/mol. The van der Waals surface area contributed by atoms with E-state index in [0.717, 1.165) is 0 Å². The fraction of sp³-hybridized carbons (Fsp3) is 0.429. The van der Waals surface area contributed by atoms with Crippen LogP contribution in [0.15, 0.2) is 0 Å². The first kappa shape index (κ1) is 13.0. The average Bonchev–Trinajstić information content (AvgIpc) is 2.01. The first-order chi connectivity index (χ1) is 6.69. The Morgan fingerprint density at radius 3 is 1.80 bits per heavy atom. The fourth-order valence-electron chi connectivity index (χ4n) is 0.790. The van der Waals surface area contributed by atoms with E-state index in [0.29, 0.717) is 0 Å². The van der Waals surface area contributed by atoms with Crippen LogP contribution in [0.25, 0.3) is 0 Å². The van der Waals surface area contributed by atoms with Crippen molar-refractivity contribution < 1.29 is 39.6 Å². The Labute approximate surface area is 82.8 Å². The maximum absolute atomic E-state index is 10.5. The van der Waals surface area contributed by atoms with Crippen LogP contribution < -0.4 is 10.2 Å². The molecule has 0 radical (unpaired) electrons. The molecular weight excluding hydrogens is 212 g/mol. The van der Waals surface area contributed by atoms with E-state index in [-0.39, 0.29) is 0 Å². The lowest BCUT2D eigenvalue weighted by molar-refractivity contribution is -0.310. The molecule has 0 heterocycles. The summed E-state index contributed by atoms with van der Waals surface area (Å²) in [5.41, 5.74) is -2.99. The molecule has 0 bridgehead atoms.